The zero-order valence-electron chi connectivity index (χ0n) is 14.3. The van der Waals surface area contributed by atoms with E-state index < -0.39 is 0 Å². The molecule has 1 fully saturated rings. The first-order chi connectivity index (χ1) is 11.7. The van der Waals surface area contributed by atoms with E-state index in [4.69, 9.17) is 9.47 Å². The highest BCUT2D eigenvalue weighted by molar-refractivity contribution is 5.32. The van der Waals surface area contributed by atoms with Crippen LogP contribution < -0.4 is 4.74 Å². The summed E-state index contributed by atoms with van der Waals surface area (Å²) in [7, 11) is 3.39. The third-order valence-corrected chi connectivity index (χ3v) is 4.55. The van der Waals surface area contributed by atoms with Crippen LogP contribution in [-0.2, 0) is 17.9 Å². The minimum absolute atomic E-state index is 0.209. The van der Waals surface area contributed by atoms with Gasteiger partial charge in [-0.05, 0) is 35.2 Å². The average molecular weight is 327 g/mol. The van der Waals surface area contributed by atoms with E-state index in [1.165, 1.54) is 16.7 Å². The third-order valence-electron chi connectivity index (χ3n) is 4.55. The van der Waals surface area contributed by atoms with Crippen molar-refractivity contribution >= 4 is 0 Å². The van der Waals surface area contributed by atoms with Crippen molar-refractivity contribution in [2.24, 2.45) is 0 Å². The van der Waals surface area contributed by atoms with Crippen LogP contribution in [0.3, 0.4) is 0 Å². The van der Waals surface area contributed by atoms with E-state index in [0.29, 0.717) is 13.2 Å². The molecule has 2 aromatic carbocycles. The van der Waals surface area contributed by atoms with Crippen molar-refractivity contribution in [3.63, 3.8) is 0 Å². The van der Waals surface area contributed by atoms with Crippen molar-refractivity contribution in [1.29, 1.82) is 0 Å². The SMILES string of the molecule is COCc1cccc(CN2C[C@H](O)C[C@H]2c2cccc(OC)c2)c1. The van der Waals surface area contributed by atoms with Crippen molar-refractivity contribution in [3.05, 3.63) is 65.2 Å². The van der Waals surface area contributed by atoms with Crippen LogP contribution in [0.2, 0.25) is 0 Å². The fourth-order valence-electron chi connectivity index (χ4n) is 3.47. The number of hydrogen-bond donors (Lipinski definition) is 1. The first-order valence-corrected chi connectivity index (χ1v) is 8.32. The molecule has 128 valence electrons. The minimum Gasteiger partial charge on any atom is -0.497 e. The van der Waals surface area contributed by atoms with Crippen LogP contribution in [0.1, 0.15) is 29.2 Å². The molecule has 3 rings (SSSR count). The van der Waals surface area contributed by atoms with Gasteiger partial charge in [-0.15, -0.1) is 0 Å². The molecule has 0 unspecified atom stereocenters. The summed E-state index contributed by atoms with van der Waals surface area (Å²) in [6, 6.07) is 16.8. The number of hydrogen-bond acceptors (Lipinski definition) is 4. The van der Waals surface area contributed by atoms with Crippen LogP contribution in [0.25, 0.3) is 0 Å². The van der Waals surface area contributed by atoms with Gasteiger partial charge >= 0.3 is 0 Å². The van der Waals surface area contributed by atoms with Gasteiger partial charge in [0.2, 0.25) is 0 Å². The maximum absolute atomic E-state index is 10.2. The van der Waals surface area contributed by atoms with Gasteiger partial charge in [-0.1, -0.05) is 36.4 Å². The molecule has 1 heterocycles. The van der Waals surface area contributed by atoms with E-state index in [9.17, 15) is 5.11 Å². The van der Waals surface area contributed by atoms with E-state index >= 15 is 0 Å². The zero-order chi connectivity index (χ0) is 16.9. The Labute approximate surface area is 143 Å². The Morgan fingerprint density at radius 3 is 2.67 bits per heavy atom. The van der Waals surface area contributed by atoms with Gasteiger partial charge in [-0.25, -0.2) is 0 Å². The normalized spacial score (nSPS) is 21.1. The molecule has 1 saturated heterocycles. The Hall–Kier alpha value is -1.88. The summed E-state index contributed by atoms with van der Waals surface area (Å²) in [5, 5.41) is 10.2. The molecule has 1 aliphatic heterocycles. The van der Waals surface area contributed by atoms with Crippen LogP contribution in [0.5, 0.6) is 5.75 Å². The smallest absolute Gasteiger partial charge is 0.119 e. The molecule has 0 radical (unpaired) electrons. The van der Waals surface area contributed by atoms with Gasteiger partial charge in [-0.2, -0.15) is 0 Å². The second-order valence-electron chi connectivity index (χ2n) is 6.36. The highest BCUT2D eigenvalue weighted by Gasteiger charge is 2.32. The predicted octanol–water partition coefficient (Wildman–Crippen LogP) is 3.15. The summed E-state index contributed by atoms with van der Waals surface area (Å²) in [4.78, 5) is 2.34. The monoisotopic (exact) mass is 327 g/mol. The molecule has 4 heteroatoms. The number of likely N-dealkylation sites (tertiary alicyclic amines) is 1. The highest BCUT2D eigenvalue weighted by Crippen LogP contribution is 2.34. The van der Waals surface area contributed by atoms with Crippen molar-refractivity contribution in [3.8, 4) is 5.75 Å². The van der Waals surface area contributed by atoms with Crippen molar-refractivity contribution in [2.75, 3.05) is 20.8 Å². The van der Waals surface area contributed by atoms with Gasteiger partial charge in [0.1, 0.15) is 5.75 Å². The van der Waals surface area contributed by atoms with Gasteiger partial charge < -0.3 is 14.6 Å². The molecule has 0 spiro atoms. The number of benzene rings is 2. The number of rotatable bonds is 6. The molecular formula is C20H25NO3. The summed E-state index contributed by atoms with van der Waals surface area (Å²) in [5.41, 5.74) is 3.61. The molecule has 24 heavy (non-hydrogen) atoms. The van der Waals surface area contributed by atoms with Gasteiger partial charge in [0.15, 0.2) is 0 Å². The molecule has 1 aliphatic rings. The Bertz CT molecular complexity index is 673. The lowest BCUT2D eigenvalue weighted by atomic mass is 10.0. The number of ether oxygens (including phenoxy) is 2. The Balaban J connectivity index is 1.79. The summed E-state index contributed by atoms with van der Waals surface area (Å²) in [5.74, 6) is 0.857. The standard InChI is InChI=1S/C20H25NO3/c1-23-14-16-6-3-5-15(9-16)12-21-13-18(22)11-20(21)17-7-4-8-19(10-17)24-2/h3-10,18,20,22H,11-14H2,1-2H3/t18-,20+/m1/s1. The number of aliphatic hydroxyl groups excluding tert-OH is 1. The largest absolute Gasteiger partial charge is 0.497 e. The average Bonchev–Trinajstić information content (AvgIpc) is 2.96. The van der Waals surface area contributed by atoms with Gasteiger partial charge in [0, 0.05) is 26.2 Å². The molecule has 2 aromatic rings. The van der Waals surface area contributed by atoms with Crippen LogP contribution in [-0.4, -0.2) is 36.9 Å². The molecular weight excluding hydrogens is 302 g/mol. The van der Waals surface area contributed by atoms with Crippen LogP contribution in [0, 0.1) is 0 Å². The van der Waals surface area contributed by atoms with Gasteiger partial charge in [0.05, 0.1) is 19.8 Å². The van der Waals surface area contributed by atoms with Gasteiger partial charge in [0.25, 0.3) is 0 Å². The second-order valence-corrected chi connectivity index (χ2v) is 6.36. The maximum atomic E-state index is 10.2. The quantitative estimate of drug-likeness (QED) is 0.885. The number of aliphatic hydroxyl groups is 1. The molecule has 4 nitrogen and oxygen atoms in total. The Kier molecular flexibility index (Phi) is 5.51. The fourth-order valence-corrected chi connectivity index (χ4v) is 3.47. The van der Waals surface area contributed by atoms with E-state index in [-0.39, 0.29) is 12.1 Å². The zero-order valence-corrected chi connectivity index (χ0v) is 14.3. The van der Waals surface area contributed by atoms with Crippen molar-refractivity contribution < 1.29 is 14.6 Å². The van der Waals surface area contributed by atoms with Crippen molar-refractivity contribution in [1.82, 2.24) is 4.90 Å². The fraction of sp³-hybridized carbons (Fsp3) is 0.400. The Morgan fingerprint density at radius 1 is 1.08 bits per heavy atom. The number of nitrogens with zero attached hydrogens (tertiary/aromatic N) is 1. The number of methoxy groups -OCH3 is 2. The summed E-state index contributed by atoms with van der Waals surface area (Å²) in [6.45, 7) is 2.13. The molecule has 0 amide bonds. The van der Waals surface area contributed by atoms with E-state index in [1.54, 1.807) is 14.2 Å². The molecule has 1 N–H and O–H groups in total. The summed E-state index contributed by atoms with van der Waals surface area (Å²) in [6.07, 6.45) is 0.466. The van der Waals surface area contributed by atoms with E-state index in [2.05, 4.69) is 41.3 Å². The molecule has 0 aliphatic carbocycles. The Morgan fingerprint density at radius 2 is 1.88 bits per heavy atom. The lowest BCUT2D eigenvalue weighted by molar-refractivity contribution is 0.172. The third kappa shape index (κ3) is 3.96. The van der Waals surface area contributed by atoms with Crippen LogP contribution in [0.4, 0.5) is 0 Å². The molecule has 2 atom stereocenters. The second kappa shape index (κ2) is 7.79. The molecule has 0 saturated carbocycles. The molecule has 0 bridgehead atoms. The molecule has 0 aromatic heterocycles. The predicted molar refractivity (Wildman–Crippen MR) is 93.9 cm³/mol. The van der Waals surface area contributed by atoms with Crippen molar-refractivity contribution in [2.45, 2.75) is 31.7 Å². The topological polar surface area (TPSA) is 41.9 Å². The van der Waals surface area contributed by atoms with Gasteiger partial charge in [-0.3, -0.25) is 4.90 Å². The van der Waals surface area contributed by atoms with E-state index in [1.807, 2.05) is 12.1 Å². The summed E-state index contributed by atoms with van der Waals surface area (Å²) < 4.78 is 10.6. The highest BCUT2D eigenvalue weighted by atomic mass is 16.5. The minimum atomic E-state index is -0.289. The summed E-state index contributed by atoms with van der Waals surface area (Å²) >= 11 is 0. The van der Waals surface area contributed by atoms with Crippen LogP contribution >= 0.6 is 0 Å². The lowest BCUT2D eigenvalue weighted by Gasteiger charge is -2.25. The van der Waals surface area contributed by atoms with E-state index in [0.717, 1.165) is 18.7 Å². The lowest BCUT2D eigenvalue weighted by Crippen LogP contribution is -2.24. The first kappa shape index (κ1) is 17.0. The maximum Gasteiger partial charge on any atom is 0.119 e. The first-order valence-electron chi connectivity index (χ1n) is 8.32. The number of β-amino-alcohol motifs (C(OH)–C–C–N with tert-alkyl or cyclic N) is 1. The van der Waals surface area contributed by atoms with Crippen LogP contribution in [0.15, 0.2) is 48.5 Å².